The van der Waals surface area contributed by atoms with E-state index in [-0.39, 0.29) is 11.4 Å². The molecule has 29 heavy (non-hydrogen) atoms. The van der Waals surface area contributed by atoms with Gasteiger partial charge in [0, 0.05) is 19.2 Å². The van der Waals surface area contributed by atoms with Crippen molar-refractivity contribution in [3.05, 3.63) is 65.5 Å². The van der Waals surface area contributed by atoms with Gasteiger partial charge < -0.3 is 10.2 Å². The number of amides is 1. The molecule has 0 unspecified atom stereocenters. The van der Waals surface area contributed by atoms with E-state index in [0.717, 1.165) is 41.6 Å². The van der Waals surface area contributed by atoms with Crippen LogP contribution in [0.5, 0.6) is 0 Å². The van der Waals surface area contributed by atoms with Gasteiger partial charge in [0.2, 0.25) is 15.9 Å². The van der Waals surface area contributed by atoms with Crippen LogP contribution in [0, 0.1) is 5.82 Å². The number of nitrogens with zero attached hydrogens (tertiary/aromatic N) is 1. The van der Waals surface area contributed by atoms with Crippen LogP contribution in [0.3, 0.4) is 0 Å². The zero-order valence-corrected chi connectivity index (χ0v) is 17.9. The highest BCUT2D eigenvalue weighted by atomic mass is 32.2. The number of likely N-dealkylation sites (N-methyl/N-ethyl adjacent to an activating group) is 1. The molecule has 0 aliphatic heterocycles. The van der Waals surface area contributed by atoms with E-state index in [0.29, 0.717) is 6.54 Å². The molecule has 0 atom stereocenters. The van der Waals surface area contributed by atoms with Crippen LogP contribution in [0.1, 0.15) is 25.0 Å². The third-order valence-electron chi connectivity index (χ3n) is 4.85. The zero-order valence-electron chi connectivity index (χ0n) is 17.1. The molecule has 0 fully saturated rings. The summed E-state index contributed by atoms with van der Waals surface area (Å²) in [4.78, 5) is 13.6. The van der Waals surface area contributed by atoms with Crippen molar-refractivity contribution < 1.29 is 22.5 Å². The summed E-state index contributed by atoms with van der Waals surface area (Å²) in [6.45, 7) is 7.44. The highest BCUT2D eigenvalue weighted by molar-refractivity contribution is 7.89. The largest absolute Gasteiger partial charge is 0.351 e. The van der Waals surface area contributed by atoms with Crippen LogP contribution >= 0.6 is 0 Å². The van der Waals surface area contributed by atoms with Gasteiger partial charge in [-0.15, -0.1) is 0 Å². The van der Waals surface area contributed by atoms with Gasteiger partial charge >= 0.3 is 0 Å². The summed E-state index contributed by atoms with van der Waals surface area (Å²) in [5, 5.41) is 2.73. The Kier molecular flexibility index (Phi) is 8.31. The first-order valence-corrected chi connectivity index (χ1v) is 11.1. The van der Waals surface area contributed by atoms with Crippen LogP contribution < -0.4 is 10.2 Å². The van der Waals surface area contributed by atoms with Crippen LogP contribution in [-0.2, 0) is 27.9 Å². The minimum atomic E-state index is -3.85. The molecule has 0 aliphatic rings. The van der Waals surface area contributed by atoms with E-state index in [1.54, 1.807) is 0 Å². The Bertz CT molecular complexity index is 896. The van der Waals surface area contributed by atoms with Crippen molar-refractivity contribution in [2.45, 2.75) is 31.8 Å². The Morgan fingerprint density at radius 3 is 2.10 bits per heavy atom. The van der Waals surface area contributed by atoms with Crippen molar-refractivity contribution in [2.75, 3.05) is 26.7 Å². The number of sulfonamides is 1. The van der Waals surface area contributed by atoms with Gasteiger partial charge in [-0.05, 0) is 43.7 Å². The molecule has 6 nitrogen and oxygen atoms in total. The van der Waals surface area contributed by atoms with Crippen molar-refractivity contribution >= 4 is 15.9 Å². The second-order valence-electron chi connectivity index (χ2n) is 6.94. The Morgan fingerprint density at radius 2 is 1.55 bits per heavy atom. The van der Waals surface area contributed by atoms with E-state index in [4.69, 9.17) is 0 Å². The van der Waals surface area contributed by atoms with Gasteiger partial charge in [-0.1, -0.05) is 24.3 Å². The fourth-order valence-corrected chi connectivity index (χ4v) is 4.02. The molecule has 1 amide bonds. The number of hydrogen-bond donors (Lipinski definition) is 2. The minimum Gasteiger partial charge on any atom is -0.351 e. The molecule has 0 aliphatic carbocycles. The molecule has 0 radical (unpaired) electrons. The Labute approximate surface area is 172 Å². The van der Waals surface area contributed by atoms with Crippen LogP contribution in [-0.4, -0.2) is 45.3 Å². The fourth-order valence-electron chi connectivity index (χ4n) is 2.89. The minimum absolute atomic E-state index is 0.0554. The van der Waals surface area contributed by atoms with E-state index in [1.807, 2.05) is 12.1 Å². The van der Waals surface area contributed by atoms with Gasteiger partial charge in [-0.2, -0.15) is 4.31 Å². The number of nitrogens with one attached hydrogen (secondary N) is 2. The molecule has 158 valence electrons. The summed E-state index contributed by atoms with van der Waals surface area (Å²) in [5.74, 6) is -0.927. The summed E-state index contributed by atoms with van der Waals surface area (Å²) in [7, 11) is -2.53. The van der Waals surface area contributed by atoms with E-state index in [1.165, 1.54) is 29.6 Å². The highest BCUT2D eigenvalue weighted by Gasteiger charge is 2.22. The Balaban J connectivity index is 1.88. The molecule has 2 aromatic carbocycles. The van der Waals surface area contributed by atoms with Gasteiger partial charge in [-0.25, -0.2) is 12.8 Å². The van der Waals surface area contributed by atoms with Crippen LogP contribution in [0.15, 0.2) is 53.4 Å². The van der Waals surface area contributed by atoms with E-state index in [2.05, 4.69) is 31.3 Å². The van der Waals surface area contributed by atoms with Crippen molar-refractivity contribution in [1.82, 2.24) is 9.62 Å². The predicted octanol–water partition coefficient (Wildman–Crippen LogP) is 1.19. The topological polar surface area (TPSA) is 70.9 Å². The normalized spacial score (nSPS) is 11.8. The molecular weight excluding hydrogens is 393 g/mol. The van der Waals surface area contributed by atoms with Gasteiger partial charge in [0.1, 0.15) is 12.4 Å². The lowest BCUT2D eigenvalue weighted by Crippen LogP contribution is -3.10. The Morgan fingerprint density at radius 1 is 1.00 bits per heavy atom. The molecule has 0 saturated carbocycles. The number of hydrogen-bond acceptors (Lipinski definition) is 3. The third-order valence-corrected chi connectivity index (χ3v) is 6.67. The molecule has 0 bridgehead atoms. The van der Waals surface area contributed by atoms with Gasteiger partial charge in [0.25, 0.3) is 0 Å². The third kappa shape index (κ3) is 6.62. The number of rotatable bonds is 10. The summed E-state index contributed by atoms with van der Waals surface area (Å²) >= 11 is 0. The molecule has 0 heterocycles. The molecule has 0 saturated heterocycles. The summed E-state index contributed by atoms with van der Waals surface area (Å²) < 4.78 is 38.8. The average molecular weight is 423 g/mol. The zero-order chi connectivity index (χ0) is 21.4. The molecular formula is C21H29FN3O3S+. The second-order valence-corrected chi connectivity index (χ2v) is 8.99. The number of carbonyl (C=O) groups excluding carboxylic acids is 1. The lowest BCUT2D eigenvalue weighted by atomic mass is 10.1. The fraction of sp³-hybridized carbons (Fsp3) is 0.381. The first-order chi connectivity index (χ1) is 13.8. The molecule has 2 rings (SSSR count). The second kappa shape index (κ2) is 10.5. The first-order valence-electron chi connectivity index (χ1n) is 9.66. The van der Waals surface area contributed by atoms with Gasteiger partial charge in [0.05, 0.1) is 24.5 Å². The van der Waals surface area contributed by atoms with Crippen LogP contribution in [0.25, 0.3) is 0 Å². The number of benzene rings is 2. The molecule has 0 aromatic heterocycles. The molecule has 2 N–H and O–H groups in total. The lowest BCUT2D eigenvalue weighted by Gasteiger charge is -2.17. The maximum Gasteiger partial charge on any atom is 0.243 e. The van der Waals surface area contributed by atoms with Crippen molar-refractivity contribution in [3.63, 3.8) is 0 Å². The van der Waals surface area contributed by atoms with Crippen LogP contribution in [0.4, 0.5) is 4.39 Å². The molecule has 2 aromatic rings. The standard InChI is InChI=1S/C21H28FN3O3S/c1-4-25(5-2)15-18-8-6-17(7-9-18)14-23-21(26)16-24(3)29(27,28)20-12-10-19(22)11-13-20/h6-13H,4-5,14-16H2,1-3H3,(H,23,26)/p+1. The Hall–Kier alpha value is -2.29. The predicted molar refractivity (Wildman–Crippen MR) is 110 cm³/mol. The number of halogens is 1. The first kappa shape index (κ1) is 23.0. The summed E-state index contributed by atoms with van der Waals surface area (Å²) in [6, 6.07) is 12.6. The maximum atomic E-state index is 13.0. The monoisotopic (exact) mass is 422 g/mol. The van der Waals surface area contributed by atoms with E-state index >= 15 is 0 Å². The van der Waals surface area contributed by atoms with Crippen LogP contribution in [0.2, 0.25) is 0 Å². The number of carbonyl (C=O) groups is 1. The summed E-state index contributed by atoms with van der Waals surface area (Å²) in [6.07, 6.45) is 0. The maximum absolute atomic E-state index is 13.0. The van der Waals surface area contributed by atoms with Gasteiger partial charge in [-0.3, -0.25) is 4.79 Å². The van der Waals surface area contributed by atoms with Gasteiger partial charge in [0.15, 0.2) is 0 Å². The van der Waals surface area contributed by atoms with E-state index in [9.17, 15) is 17.6 Å². The quantitative estimate of drug-likeness (QED) is 0.604. The van der Waals surface area contributed by atoms with E-state index < -0.39 is 21.7 Å². The molecule has 0 spiro atoms. The number of quaternary nitrogens is 1. The average Bonchev–Trinajstić information content (AvgIpc) is 2.71. The lowest BCUT2D eigenvalue weighted by molar-refractivity contribution is -0.910. The summed E-state index contributed by atoms with van der Waals surface area (Å²) in [5.41, 5.74) is 2.18. The molecule has 8 heteroatoms. The SMILES string of the molecule is CC[NH+](CC)Cc1ccc(CNC(=O)CN(C)S(=O)(=O)c2ccc(F)cc2)cc1. The van der Waals surface area contributed by atoms with Crippen molar-refractivity contribution in [1.29, 1.82) is 0 Å². The smallest absolute Gasteiger partial charge is 0.243 e. The van der Waals surface area contributed by atoms with Crippen molar-refractivity contribution in [2.24, 2.45) is 0 Å². The van der Waals surface area contributed by atoms with Crippen molar-refractivity contribution in [3.8, 4) is 0 Å². The highest BCUT2D eigenvalue weighted by Crippen LogP contribution is 2.14.